The molecule has 7 heteroatoms. The third-order valence-corrected chi connectivity index (χ3v) is 1.57. The number of hydrogen-bond acceptors (Lipinski definition) is 4. The van der Waals surface area contributed by atoms with E-state index in [1.807, 2.05) is 0 Å². The standard InChI is InChI=1S/C8H12N2O3.2ClH/c9-3-4-10-7(8(11)12)6-2-1-5-13-6;;/h1-2,5,7,10H,3-4,9H2,(H,11,12);2*1H. The van der Waals surface area contributed by atoms with E-state index in [-0.39, 0.29) is 24.8 Å². The first-order valence-electron chi connectivity index (χ1n) is 3.95. The minimum atomic E-state index is -0.969. The highest BCUT2D eigenvalue weighted by Gasteiger charge is 2.20. The van der Waals surface area contributed by atoms with Crippen LogP contribution in [-0.2, 0) is 4.79 Å². The largest absolute Gasteiger partial charge is 0.480 e. The topological polar surface area (TPSA) is 88.5 Å². The predicted molar refractivity (Wildman–Crippen MR) is 60.6 cm³/mol. The number of furan rings is 1. The number of halogens is 2. The molecule has 0 amide bonds. The number of nitrogens with two attached hydrogens (primary N) is 1. The third kappa shape index (κ3) is 5.03. The molecule has 0 saturated carbocycles. The van der Waals surface area contributed by atoms with E-state index >= 15 is 0 Å². The number of carboxylic acid groups (broad SMARTS) is 1. The number of rotatable bonds is 5. The highest BCUT2D eigenvalue weighted by Crippen LogP contribution is 2.12. The van der Waals surface area contributed by atoms with Crippen molar-refractivity contribution in [2.24, 2.45) is 5.73 Å². The molecule has 4 N–H and O–H groups in total. The fraction of sp³-hybridized carbons (Fsp3) is 0.375. The van der Waals surface area contributed by atoms with Crippen molar-refractivity contribution in [1.82, 2.24) is 5.32 Å². The van der Waals surface area contributed by atoms with Crippen molar-refractivity contribution >= 4 is 30.8 Å². The van der Waals surface area contributed by atoms with Gasteiger partial charge in [0.25, 0.3) is 0 Å². The van der Waals surface area contributed by atoms with E-state index in [1.54, 1.807) is 12.1 Å². The van der Waals surface area contributed by atoms with Crippen molar-refractivity contribution in [2.45, 2.75) is 6.04 Å². The highest BCUT2D eigenvalue weighted by atomic mass is 35.5. The van der Waals surface area contributed by atoms with Gasteiger partial charge in [0.1, 0.15) is 5.76 Å². The van der Waals surface area contributed by atoms with Gasteiger partial charge in [-0.3, -0.25) is 10.1 Å². The van der Waals surface area contributed by atoms with Crippen LogP contribution in [0.15, 0.2) is 22.8 Å². The maximum Gasteiger partial charge on any atom is 0.328 e. The van der Waals surface area contributed by atoms with E-state index in [9.17, 15) is 4.79 Å². The highest BCUT2D eigenvalue weighted by molar-refractivity contribution is 5.85. The van der Waals surface area contributed by atoms with Crippen molar-refractivity contribution in [1.29, 1.82) is 0 Å². The first-order valence-corrected chi connectivity index (χ1v) is 3.95. The van der Waals surface area contributed by atoms with Crippen LogP contribution < -0.4 is 11.1 Å². The summed E-state index contributed by atoms with van der Waals surface area (Å²) in [5.74, 6) is -0.579. The molecule has 1 atom stereocenters. The monoisotopic (exact) mass is 256 g/mol. The van der Waals surface area contributed by atoms with Crippen molar-refractivity contribution in [3.05, 3.63) is 24.2 Å². The summed E-state index contributed by atoms with van der Waals surface area (Å²) >= 11 is 0. The Morgan fingerprint density at radius 2 is 2.27 bits per heavy atom. The van der Waals surface area contributed by atoms with Crippen LogP contribution in [0.25, 0.3) is 0 Å². The minimum Gasteiger partial charge on any atom is -0.480 e. The molecular formula is C8H14Cl2N2O3. The molecular weight excluding hydrogens is 243 g/mol. The molecule has 1 aromatic heterocycles. The zero-order chi connectivity index (χ0) is 9.68. The summed E-state index contributed by atoms with van der Waals surface area (Å²) in [5.41, 5.74) is 5.24. The minimum absolute atomic E-state index is 0. The molecule has 0 bridgehead atoms. The van der Waals surface area contributed by atoms with E-state index in [4.69, 9.17) is 15.3 Å². The Hall–Kier alpha value is -0.750. The lowest BCUT2D eigenvalue weighted by atomic mass is 10.2. The van der Waals surface area contributed by atoms with Crippen LogP contribution in [0.1, 0.15) is 11.8 Å². The number of hydrogen-bond donors (Lipinski definition) is 3. The number of carbonyl (C=O) groups is 1. The van der Waals surface area contributed by atoms with Crippen molar-refractivity contribution in [2.75, 3.05) is 13.1 Å². The Kier molecular flexibility index (Phi) is 9.50. The Labute approximate surface area is 99.8 Å². The van der Waals surface area contributed by atoms with Gasteiger partial charge in [0.2, 0.25) is 0 Å². The summed E-state index contributed by atoms with van der Waals surface area (Å²) in [6, 6.07) is 2.45. The third-order valence-electron chi connectivity index (χ3n) is 1.57. The van der Waals surface area contributed by atoms with Crippen LogP contribution in [0.3, 0.4) is 0 Å². The number of aliphatic carboxylic acids is 1. The fourth-order valence-electron chi connectivity index (χ4n) is 0.993. The van der Waals surface area contributed by atoms with Crippen molar-refractivity contribution in [3.8, 4) is 0 Å². The van der Waals surface area contributed by atoms with Crippen LogP contribution >= 0.6 is 24.8 Å². The molecule has 1 aromatic rings. The van der Waals surface area contributed by atoms with Crippen LogP contribution in [0.5, 0.6) is 0 Å². The molecule has 0 aliphatic rings. The summed E-state index contributed by atoms with van der Waals surface area (Å²) in [5, 5.41) is 11.6. The molecule has 1 unspecified atom stereocenters. The SMILES string of the molecule is Cl.Cl.NCCNC(C(=O)O)c1ccco1. The van der Waals surface area contributed by atoms with Gasteiger partial charge in [-0.05, 0) is 12.1 Å². The van der Waals surface area contributed by atoms with E-state index < -0.39 is 12.0 Å². The summed E-state index contributed by atoms with van der Waals surface area (Å²) in [4.78, 5) is 10.7. The van der Waals surface area contributed by atoms with Gasteiger partial charge in [0.05, 0.1) is 6.26 Å². The number of nitrogens with one attached hydrogen (secondary N) is 1. The molecule has 0 aromatic carbocycles. The lowest BCUT2D eigenvalue weighted by Gasteiger charge is -2.10. The average Bonchev–Trinajstić information content (AvgIpc) is 2.57. The quantitative estimate of drug-likeness (QED) is 0.726. The molecule has 1 rings (SSSR count). The Bertz CT molecular complexity index is 267. The van der Waals surface area contributed by atoms with Crippen molar-refractivity contribution < 1.29 is 14.3 Å². The van der Waals surface area contributed by atoms with Crippen LogP contribution in [0, 0.1) is 0 Å². The second-order valence-corrected chi connectivity index (χ2v) is 2.53. The molecule has 88 valence electrons. The second kappa shape index (κ2) is 8.55. The van der Waals surface area contributed by atoms with E-state index in [2.05, 4.69) is 5.32 Å². The van der Waals surface area contributed by atoms with Gasteiger partial charge in [-0.2, -0.15) is 0 Å². The Morgan fingerprint density at radius 3 is 2.67 bits per heavy atom. The molecule has 0 aliphatic heterocycles. The van der Waals surface area contributed by atoms with Gasteiger partial charge < -0.3 is 15.3 Å². The summed E-state index contributed by atoms with van der Waals surface area (Å²) < 4.78 is 4.97. The van der Waals surface area contributed by atoms with E-state index in [0.29, 0.717) is 18.8 Å². The fourth-order valence-corrected chi connectivity index (χ4v) is 0.993. The summed E-state index contributed by atoms with van der Waals surface area (Å²) in [7, 11) is 0. The molecule has 0 radical (unpaired) electrons. The van der Waals surface area contributed by atoms with Gasteiger partial charge in [0.15, 0.2) is 6.04 Å². The van der Waals surface area contributed by atoms with E-state index in [0.717, 1.165) is 0 Å². The Morgan fingerprint density at radius 1 is 1.60 bits per heavy atom. The second-order valence-electron chi connectivity index (χ2n) is 2.53. The molecule has 0 fully saturated rings. The summed E-state index contributed by atoms with van der Waals surface area (Å²) in [6.07, 6.45) is 1.44. The molecule has 1 heterocycles. The smallest absolute Gasteiger partial charge is 0.328 e. The predicted octanol–water partition coefficient (Wildman–Crippen LogP) is 0.797. The Balaban J connectivity index is 0. The van der Waals surface area contributed by atoms with Gasteiger partial charge in [0, 0.05) is 13.1 Å². The van der Waals surface area contributed by atoms with Gasteiger partial charge in [-0.1, -0.05) is 0 Å². The van der Waals surface area contributed by atoms with Gasteiger partial charge in [-0.15, -0.1) is 24.8 Å². The van der Waals surface area contributed by atoms with Crippen LogP contribution in [-0.4, -0.2) is 24.2 Å². The first-order chi connectivity index (χ1) is 6.25. The van der Waals surface area contributed by atoms with Gasteiger partial charge in [-0.25, -0.2) is 0 Å². The first kappa shape index (κ1) is 16.7. The normalized spacial score (nSPS) is 11.0. The van der Waals surface area contributed by atoms with Crippen molar-refractivity contribution in [3.63, 3.8) is 0 Å². The zero-order valence-corrected chi connectivity index (χ0v) is 9.51. The lowest BCUT2D eigenvalue weighted by Crippen LogP contribution is -2.32. The molecule has 15 heavy (non-hydrogen) atoms. The maximum absolute atomic E-state index is 10.7. The molecule has 5 nitrogen and oxygen atoms in total. The lowest BCUT2D eigenvalue weighted by molar-refractivity contribution is -0.140. The van der Waals surface area contributed by atoms with E-state index in [1.165, 1.54) is 6.26 Å². The average molecular weight is 257 g/mol. The molecule has 0 aliphatic carbocycles. The van der Waals surface area contributed by atoms with Crippen LogP contribution in [0.4, 0.5) is 0 Å². The number of carboxylic acids is 1. The zero-order valence-electron chi connectivity index (χ0n) is 7.88. The molecule has 0 saturated heterocycles. The van der Waals surface area contributed by atoms with Crippen LogP contribution in [0.2, 0.25) is 0 Å². The molecule has 0 spiro atoms. The maximum atomic E-state index is 10.7. The summed E-state index contributed by atoms with van der Waals surface area (Å²) in [6.45, 7) is 0.835. The van der Waals surface area contributed by atoms with Gasteiger partial charge >= 0.3 is 5.97 Å².